The maximum absolute atomic E-state index is 9.59. The molecule has 0 aliphatic rings. The van der Waals surface area contributed by atoms with Crippen molar-refractivity contribution < 1.29 is 9.84 Å². The first-order valence-electron chi connectivity index (χ1n) is 4.04. The van der Waals surface area contributed by atoms with E-state index in [1.165, 1.54) is 7.11 Å². The molecule has 0 bridgehead atoms. The largest absolute Gasteiger partial charge is 0.504 e. The average molecular weight is 254 g/mol. The van der Waals surface area contributed by atoms with Crippen molar-refractivity contribution in [2.75, 3.05) is 7.11 Å². The van der Waals surface area contributed by atoms with Crippen LogP contribution < -0.4 is 4.74 Å². The molecule has 0 aliphatic carbocycles. The lowest BCUT2D eigenvalue weighted by molar-refractivity contribution is 0.377. The number of rotatable bonds is 1. The highest BCUT2D eigenvalue weighted by Gasteiger charge is 2.10. The molecule has 0 radical (unpaired) electrons. The van der Waals surface area contributed by atoms with Gasteiger partial charge in [0.05, 0.1) is 7.11 Å². The summed E-state index contributed by atoms with van der Waals surface area (Å²) in [4.78, 5) is 4.16. The van der Waals surface area contributed by atoms with Gasteiger partial charge in [-0.25, -0.2) is 0 Å². The zero-order chi connectivity index (χ0) is 10.1. The van der Waals surface area contributed by atoms with Crippen LogP contribution >= 0.6 is 15.9 Å². The van der Waals surface area contributed by atoms with Gasteiger partial charge in [0, 0.05) is 16.1 Å². The van der Waals surface area contributed by atoms with Crippen LogP contribution in [-0.2, 0) is 0 Å². The van der Waals surface area contributed by atoms with Gasteiger partial charge in [-0.1, -0.05) is 0 Å². The molecule has 0 spiro atoms. The number of phenols is 1. The molecule has 2 rings (SSSR count). The Kier molecular flexibility index (Phi) is 2.29. The van der Waals surface area contributed by atoms with Crippen LogP contribution in [0.5, 0.6) is 11.5 Å². The van der Waals surface area contributed by atoms with E-state index in [2.05, 4.69) is 20.9 Å². The molecule has 0 amide bonds. The predicted octanol–water partition coefficient (Wildman–Crippen LogP) is 2.71. The molecule has 0 fully saturated rings. The molecular weight excluding hydrogens is 246 g/mol. The van der Waals surface area contributed by atoms with E-state index in [0.29, 0.717) is 11.3 Å². The quantitative estimate of drug-likeness (QED) is 0.850. The smallest absolute Gasteiger partial charge is 0.186 e. The summed E-state index contributed by atoms with van der Waals surface area (Å²) in [5, 5.41) is 10.5. The van der Waals surface area contributed by atoms with Crippen LogP contribution in [0, 0.1) is 0 Å². The number of aromatic nitrogens is 1. The Morgan fingerprint density at radius 1 is 1.50 bits per heavy atom. The normalized spacial score (nSPS) is 10.4. The van der Waals surface area contributed by atoms with E-state index in [0.717, 1.165) is 9.86 Å². The van der Waals surface area contributed by atoms with E-state index < -0.39 is 0 Å². The predicted molar refractivity (Wildman–Crippen MR) is 57.7 cm³/mol. The monoisotopic (exact) mass is 253 g/mol. The van der Waals surface area contributed by atoms with Crippen molar-refractivity contribution in [2.45, 2.75) is 0 Å². The Hall–Kier alpha value is -1.29. The molecule has 0 aliphatic heterocycles. The summed E-state index contributed by atoms with van der Waals surface area (Å²) in [5.74, 6) is 0.495. The van der Waals surface area contributed by atoms with Crippen molar-refractivity contribution in [1.82, 2.24) is 4.98 Å². The van der Waals surface area contributed by atoms with Gasteiger partial charge in [0.2, 0.25) is 0 Å². The number of pyridine rings is 1. The van der Waals surface area contributed by atoms with E-state index in [1.54, 1.807) is 12.3 Å². The minimum atomic E-state index is 0.0885. The third kappa shape index (κ3) is 1.32. The number of phenolic OH excluding ortho intramolecular Hbond substituents is 1. The third-order valence-electron chi connectivity index (χ3n) is 1.98. The Labute approximate surface area is 89.5 Å². The fourth-order valence-electron chi connectivity index (χ4n) is 1.36. The standard InChI is InChI=1S/C10H8BrNO2/c1-14-10-8(13)5-7(11)6-3-2-4-12-9(6)10/h2-5,13H,1H3. The molecule has 4 heteroatoms. The number of methoxy groups -OCH3 is 1. The van der Waals surface area contributed by atoms with Gasteiger partial charge in [0.1, 0.15) is 5.52 Å². The number of nitrogens with zero attached hydrogens (tertiary/aromatic N) is 1. The van der Waals surface area contributed by atoms with E-state index in [1.807, 2.05) is 12.1 Å². The maximum atomic E-state index is 9.59. The molecule has 14 heavy (non-hydrogen) atoms. The highest BCUT2D eigenvalue weighted by molar-refractivity contribution is 9.10. The Balaban J connectivity index is 2.90. The van der Waals surface area contributed by atoms with Gasteiger partial charge in [-0.2, -0.15) is 0 Å². The summed E-state index contributed by atoms with van der Waals surface area (Å²) in [5.41, 5.74) is 0.655. The SMILES string of the molecule is COc1c(O)cc(Br)c2cccnc12. The van der Waals surface area contributed by atoms with Crippen molar-refractivity contribution in [3.8, 4) is 11.5 Å². The number of hydrogen-bond donors (Lipinski definition) is 1. The van der Waals surface area contributed by atoms with Gasteiger partial charge in [-0.3, -0.25) is 4.98 Å². The number of halogens is 1. The molecule has 3 nitrogen and oxygen atoms in total. The third-order valence-corrected chi connectivity index (χ3v) is 2.64. The van der Waals surface area contributed by atoms with Crippen LogP contribution in [0.15, 0.2) is 28.9 Å². The Morgan fingerprint density at radius 3 is 3.00 bits per heavy atom. The zero-order valence-corrected chi connectivity index (χ0v) is 9.08. The summed E-state index contributed by atoms with van der Waals surface area (Å²) in [6.45, 7) is 0. The van der Waals surface area contributed by atoms with Crippen LogP contribution in [0.4, 0.5) is 0 Å². The minimum absolute atomic E-state index is 0.0885. The van der Waals surface area contributed by atoms with Gasteiger partial charge in [-0.15, -0.1) is 0 Å². The van der Waals surface area contributed by atoms with Crippen molar-refractivity contribution in [1.29, 1.82) is 0 Å². The van der Waals surface area contributed by atoms with Crippen LogP contribution in [-0.4, -0.2) is 17.2 Å². The fraction of sp³-hybridized carbons (Fsp3) is 0.100. The van der Waals surface area contributed by atoms with Gasteiger partial charge < -0.3 is 9.84 Å². The molecule has 0 atom stereocenters. The van der Waals surface area contributed by atoms with E-state index in [-0.39, 0.29) is 5.75 Å². The number of fused-ring (bicyclic) bond motifs is 1. The minimum Gasteiger partial charge on any atom is -0.504 e. The van der Waals surface area contributed by atoms with Gasteiger partial charge in [0.25, 0.3) is 0 Å². The summed E-state index contributed by atoms with van der Waals surface area (Å²) < 4.78 is 5.88. The van der Waals surface area contributed by atoms with Gasteiger partial charge in [-0.05, 0) is 34.1 Å². The van der Waals surface area contributed by atoms with Crippen LogP contribution in [0.1, 0.15) is 0 Å². The lowest BCUT2D eigenvalue weighted by Crippen LogP contribution is -1.88. The molecule has 0 saturated carbocycles. The lowest BCUT2D eigenvalue weighted by atomic mass is 10.2. The lowest BCUT2D eigenvalue weighted by Gasteiger charge is -2.07. The van der Waals surface area contributed by atoms with Gasteiger partial charge in [0.15, 0.2) is 11.5 Å². The first-order chi connectivity index (χ1) is 6.74. The van der Waals surface area contributed by atoms with Crippen molar-refractivity contribution >= 4 is 26.8 Å². The van der Waals surface area contributed by atoms with Gasteiger partial charge >= 0.3 is 0 Å². The zero-order valence-electron chi connectivity index (χ0n) is 7.49. The summed E-state index contributed by atoms with van der Waals surface area (Å²) in [6.07, 6.45) is 1.66. The molecule has 1 N–H and O–H groups in total. The molecule has 1 aromatic heterocycles. The Morgan fingerprint density at radius 2 is 2.29 bits per heavy atom. The first-order valence-corrected chi connectivity index (χ1v) is 4.83. The number of ether oxygens (including phenoxy) is 1. The fourth-order valence-corrected chi connectivity index (χ4v) is 1.90. The second-order valence-corrected chi connectivity index (χ2v) is 3.66. The second kappa shape index (κ2) is 3.46. The first kappa shape index (κ1) is 9.27. The maximum Gasteiger partial charge on any atom is 0.186 e. The summed E-state index contributed by atoms with van der Waals surface area (Å²) >= 11 is 3.36. The number of benzene rings is 1. The molecular formula is C10H8BrNO2. The van der Waals surface area contributed by atoms with Crippen LogP contribution in [0.25, 0.3) is 10.9 Å². The average Bonchev–Trinajstić information content (AvgIpc) is 2.18. The number of aromatic hydroxyl groups is 1. The summed E-state index contributed by atoms with van der Waals surface area (Å²) in [6, 6.07) is 5.35. The number of hydrogen-bond acceptors (Lipinski definition) is 3. The molecule has 1 heterocycles. The summed E-state index contributed by atoms with van der Waals surface area (Å²) in [7, 11) is 1.51. The molecule has 0 unspecified atom stereocenters. The van der Waals surface area contributed by atoms with Crippen molar-refractivity contribution in [3.63, 3.8) is 0 Å². The van der Waals surface area contributed by atoms with E-state index in [4.69, 9.17) is 4.74 Å². The molecule has 2 aromatic rings. The van der Waals surface area contributed by atoms with Crippen LogP contribution in [0.3, 0.4) is 0 Å². The van der Waals surface area contributed by atoms with Crippen molar-refractivity contribution in [2.24, 2.45) is 0 Å². The highest BCUT2D eigenvalue weighted by atomic mass is 79.9. The van der Waals surface area contributed by atoms with E-state index >= 15 is 0 Å². The van der Waals surface area contributed by atoms with Crippen LogP contribution in [0.2, 0.25) is 0 Å². The molecule has 72 valence electrons. The molecule has 0 saturated heterocycles. The highest BCUT2D eigenvalue weighted by Crippen LogP contribution is 2.37. The van der Waals surface area contributed by atoms with Crippen molar-refractivity contribution in [3.05, 3.63) is 28.9 Å². The second-order valence-electron chi connectivity index (χ2n) is 2.81. The van der Waals surface area contributed by atoms with E-state index in [9.17, 15) is 5.11 Å². The Bertz CT molecular complexity index is 485. The molecule has 1 aromatic carbocycles. The topological polar surface area (TPSA) is 42.4 Å².